The van der Waals surface area contributed by atoms with Gasteiger partial charge in [-0.3, -0.25) is 0 Å². The van der Waals surface area contributed by atoms with Crippen LogP contribution in [0.4, 0.5) is 0 Å². The molecule has 0 saturated carbocycles. The molecule has 0 amide bonds. The van der Waals surface area contributed by atoms with Crippen molar-refractivity contribution in [3.63, 3.8) is 0 Å². The molecule has 0 bridgehead atoms. The van der Waals surface area contributed by atoms with Gasteiger partial charge in [-0.2, -0.15) is 0 Å². The van der Waals surface area contributed by atoms with E-state index in [2.05, 4.69) is 37.0 Å². The van der Waals surface area contributed by atoms with E-state index in [9.17, 15) is 0 Å². The molecule has 1 aromatic carbocycles. The first-order valence-electron chi connectivity index (χ1n) is 5.89. The zero-order valence-corrected chi connectivity index (χ0v) is 12.6. The Morgan fingerprint density at radius 3 is 2.41 bits per heavy atom. The molecule has 2 nitrogen and oxygen atoms in total. The maximum atomic E-state index is 6.16. The molecule has 0 spiro atoms. The summed E-state index contributed by atoms with van der Waals surface area (Å²) in [6.07, 6.45) is 0.137. The molecule has 1 heterocycles. The Balaban J connectivity index is 2.32. The van der Waals surface area contributed by atoms with Crippen LogP contribution in [0.5, 0.6) is 0 Å². The van der Waals surface area contributed by atoms with Crippen molar-refractivity contribution in [2.45, 2.75) is 42.8 Å². The number of rotatable bonds is 2. The molecule has 17 heavy (non-hydrogen) atoms. The van der Waals surface area contributed by atoms with Crippen molar-refractivity contribution >= 4 is 15.0 Å². The Labute approximate surface area is 110 Å². The molecule has 0 unspecified atom stereocenters. The van der Waals surface area contributed by atoms with Crippen LogP contribution in [0.1, 0.15) is 32.4 Å². The normalized spacial score (nSPS) is 32.4. The van der Waals surface area contributed by atoms with E-state index in [1.807, 2.05) is 19.9 Å². The van der Waals surface area contributed by atoms with Gasteiger partial charge in [-0.25, -0.2) is 0 Å². The second-order valence-corrected chi connectivity index (χ2v) is 7.93. The topological polar surface area (TPSA) is 18.5 Å². The summed E-state index contributed by atoms with van der Waals surface area (Å²) in [6.45, 7) is 7.02. The van der Waals surface area contributed by atoms with Gasteiger partial charge >= 0.3 is 110 Å². The second-order valence-electron chi connectivity index (χ2n) is 5.11. The van der Waals surface area contributed by atoms with Crippen molar-refractivity contribution in [3.05, 3.63) is 35.9 Å². The summed E-state index contributed by atoms with van der Waals surface area (Å²) in [6, 6.07) is 10.5. The van der Waals surface area contributed by atoms with Gasteiger partial charge in [0.05, 0.1) is 0 Å². The molecule has 1 fully saturated rings. The van der Waals surface area contributed by atoms with Gasteiger partial charge in [-0.05, 0) is 0 Å². The third kappa shape index (κ3) is 2.74. The van der Waals surface area contributed by atoms with Crippen molar-refractivity contribution in [2.75, 3.05) is 6.61 Å². The third-order valence-electron chi connectivity index (χ3n) is 3.23. The van der Waals surface area contributed by atoms with Crippen molar-refractivity contribution in [3.8, 4) is 0 Å². The van der Waals surface area contributed by atoms with Crippen LogP contribution < -0.4 is 0 Å². The average Bonchev–Trinajstić information content (AvgIpc) is 2.34. The van der Waals surface area contributed by atoms with E-state index in [4.69, 9.17) is 9.47 Å². The fourth-order valence-corrected chi connectivity index (χ4v) is 3.26. The van der Waals surface area contributed by atoms with E-state index in [1.54, 1.807) is 0 Å². The molecule has 3 heteroatoms. The fraction of sp³-hybridized carbons (Fsp3) is 0.571. The van der Waals surface area contributed by atoms with Crippen LogP contribution >= 0.6 is 0 Å². The van der Waals surface area contributed by atoms with Gasteiger partial charge in [0.25, 0.3) is 0 Å². The standard InChI is InChI=1S/C14H20O2Se/c1-13(2)15-10-14(3,17-4)12(16-13)11-8-6-5-7-9-11/h5-9,12H,10H2,1-4H3/t12-,14-/m1/s1. The molecular formula is C14H20O2Se. The maximum absolute atomic E-state index is 6.16. The molecule has 1 aromatic rings. The van der Waals surface area contributed by atoms with Crippen molar-refractivity contribution in [2.24, 2.45) is 0 Å². The molecule has 0 aliphatic carbocycles. The first-order valence-corrected chi connectivity index (χ1v) is 8.46. The first-order chi connectivity index (χ1) is 7.97. The van der Waals surface area contributed by atoms with Crippen LogP contribution in [0.15, 0.2) is 30.3 Å². The second kappa shape index (κ2) is 4.73. The van der Waals surface area contributed by atoms with E-state index >= 15 is 0 Å². The van der Waals surface area contributed by atoms with Crippen molar-refractivity contribution in [1.29, 1.82) is 0 Å². The molecule has 0 aromatic heterocycles. The predicted molar refractivity (Wildman–Crippen MR) is 70.3 cm³/mol. The molecule has 94 valence electrons. The molecule has 1 aliphatic heterocycles. The Morgan fingerprint density at radius 2 is 1.82 bits per heavy atom. The van der Waals surface area contributed by atoms with E-state index in [-0.39, 0.29) is 10.4 Å². The first kappa shape index (κ1) is 13.1. The zero-order chi connectivity index (χ0) is 12.5. The van der Waals surface area contributed by atoms with Gasteiger partial charge in [0.2, 0.25) is 0 Å². The number of hydrogen-bond donors (Lipinski definition) is 0. The van der Waals surface area contributed by atoms with Crippen molar-refractivity contribution in [1.82, 2.24) is 0 Å². The molecule has 2 rings (SSSR count). The monoisotopic (exact) mass is 300 g/mol. The van der Waals surface area contributed by atoms with Gasteiger partial charge < -0.3 is 0 Å². The van der Waals surface area contributed by atoms with Gasteiger partial charge in [0.15, 0.2) is 0 Å². The van der Waals surface area contributed by atoms with E-state index in [0.717, 1.165) is 6.61 Å². The predicted octanol–water partition coefficient (Wildman–Crippen LogP) is 3.44. The summed E-state index contributed by atoms with van der Waals surface area (Å²) in [7, 11) is 0. The van der Waals surface area contributed by atoms with E-state index < -0.39 is 5.79 Å². The van der Waals surface area contributed by atoms with Crippen LogP contribution in [0.3, 0.4) is 0 Å². The Hall–Kier alpha value is -0.341. The third-order valence-corrected chi connectivity index (χ3v) is 5.88. The molecule has 2 atom stereocenters. The number of hydrogen-bond acceptors (Lipinski definition) is 2. The zero-order valence-electron chi connectivity index (χ0n) is 10.9. The van der Waals surface area contributed by atoms with Gasteiger partial charge in [0, 0.05) is 0 Å². The summed E-state index contributed by atoms with van der Waals surface area (Å²) in [5.41, 5.74) is 1.26. The van der Waals surface area contributed by atoms with Crippen LogP contribution in [0.25, 0.3) is 0 Å². The minimum absolute atomic E-state index is 0.115. The molecule has 0 radical (unpaired) electrons. The number of benzene rings is 1. The number of ether oxygens (including phenoxy) is 2. The van der Waals surface area contributed by atoms with Crippen molar-refractivity contribution < 1.29 is 9.47 Å². The molecular weight excluding hydrogens is 279 g/mol. The van der Waals surface area contributed by atoms with E-state index in [1.165, 1.54) is 5.56 Å². The average molecular weight is 299 g/mol. The summed E-state index contributed by atoms with van der Waals surface area (Å²) in [5, 5.41) is 0. The molecule has 1 aliphatic rings. The van der Waals surface area contributed by atoms with Gasteiger partial charge in [-0.15, -0.1) is 0 Å². The SMILES string of the molecule is C[Se][C@]1(C)COC(C)(C)O[C@@H]1c1ccccc1. The summed E-state index contributed by atoms with van der Waals surface area (Å²) in [5.74, 6) is 1.78. The Kier molecular flexibility index (Phi) is 3.65. The Morgan fingerprint density at radius 1 is 1.18 bits per heavy atom. The quantitative estimate of drug-likeness (QED) is 0.779. The van der Waals surface area contributed by atoms with Crippen LogP contribution in [0.2, 0.25) is 10.1 Å². The van der Waals surface area contributed by atoms with Crippen LogP contribution in [-0.4, -0.2) is 27.4 Å². The Bertz CT molecular complexity index is 377. The van der Waals surface area contributed by atoms with Gasteiger partial charge in [-0.1, -0.05) is 0 Å². The van der Waals surface area contributed by atoms with Crippen LogP contribution in [-0.2, 0) is 9.47 Å². The van der Waals surface area contributed by atoms with Gasteiger partial charge in [0.1, 0.15) is 0 Å². The van der Waals surface area contributed by atoms with Crippen LogP contribution in [0, 0.1) is 0 Å². The molecule has 0 N–H and O–H groups in total. The summed E-state index contributed by atoms with van der Waals surface area (Å²) in [4.78, 5) is 0. The minimum atomic E-state index is -0.481. The summed E-state index contributed by atoms with van der Waals surface area (Å²) < 4.78 is 12.1. The fourth-order valence-electron chi connectivity index (χ4n) is 2.05. The van der Waals surface area contributed by atoms with E-state index in [0.29, 0.717) is 15.0 Å². The summed E-state index contributed by atoms with van der Waals surface area (Å²) >= 11 is 0.476. The molecule has 1 saturated heterocycles.